The third kappa shape index (κ3) is 2.83. The lowest BCUT2D eigenvalue weighted by Gasteiger charge is -2.49. The number of nitrogens with one attached hydrogen (secondary N) is 1. The second-order valence-electron chi connectivity index (χ2n) is 5.49. The standard InChI is InChI=1S/C14H20BrNO/c1-10(2)11-7-14(8-11,9-17)16-13-5-3-4-12(15)6-13/h3-6,10-11,16-17H,7-9H2,1-2H3. The number of halogens is 1. The first kappa shape index (κ1) is 12.9. The molecule has 1 aliphatic rings. The predicted octanol–water partition coefficient (Wildman–Crippen LogP) is 3.66. The van der Waals surface area contributed by atoms with E-state index in [9.17, 15) is 5.11 Å². The van der Waals surface area contributed by atoms with E-state index in [2.05, 4.69) is 41.2 Å². The van der Waals surface area contributed by atoms with Gasteiger partial charge in [0.1, 0.15) is 0 Å². The molecule has 0 heterocycles. The van der Waals surface area contributed by atoms with E-state index in [1.807, 2.05) is 18.2 Å². The minimum Gasteiger partial charge on any atom is -0.394 e. The van der Waals surface area contributed by atoms with Crippen LogP contribution in [0.3, 0.4) is 0 Å². The van der Waals surface area contributed by atoms with Gasteiger partial charge in [-0.2, -0.15) is 0 Å². The summed E-state index contributed by atoms with van der Waals surface area (Å²) in [5.74, 6) is 1.45. The Morgan fingerprint density at radius 2 is 2.18 bits per heavy atom. The summed E-state index contributed by atoms with van der Waals surface area (Å²) in [6, 6.07) is 8.12. The van der Waals surface area contributed by atoms with Gasteiger partial charge in [-0.15, -0.1) is 0 Å². The largest absolute Gasteiger partial charge is 0.394 e. The Balaban J connectivity index is 2.02. The summed E-state index contributed by atoms with van der Waals surface area (Å²) < 4.78 is 1.07. The van der Waals surface area contributed by atoms with Crippen molar-refractivity contribution in [2.24, 2.45) is 11.8 Å². The molecule has 1 saturated carbocycles. The zero-order valence-corrected chi connectivity index (χ0v) is 12.0. The van der Waals surface area contributed by atoms with Crippen molar-refractivity contribution in [2.45, 2.75) is 32.2 Å². The monoisotopic (exact) mass is 297 g/mol. The summed E-state index contributed by atoms with van der Waals surface area (Å²) >= 11 is 3.46. The fraction of sp³-hybridized carbons (Fsp3) is 0.571. The summed E-state index contributed by atoms with van der Waals surface area (Å²) in [7, 11) is 0. The lowest BCUT2D eigenvalue weighted by Crippen LogP contribution is -2.54. The maximum Gasteiger partial charge on any atom is 0.0661 e. The molecule has 1 fully saturated rings. The Bertz CT molecular complexity index is 386. The van der Waals surface area contributed by atoms with Gasteiger partial charge in [-0.05, 0) is 42.9 Å². The van der Waals surface area contributed by atoms with Crippen LogP contribution in [-0.4, -0.2) is 17.3 Å². The highest BCUT2D eigenvalue weighted by atomic mass is 79.9. The lowest BCUT2D eigenvalue weighted by molar-refractivity contribution is 0.0648. The zero-order chi connectivity index (χ0) is 12.5. The van der Waals surface area contributed by atoms with Crippen molar-refractivity contribution in [1.82, 2.24) is 0 Å². The molecule has 17 heavy (non-hydrogen) atoms. The van der Waals surface area contributed by atoms with E-state index in [0.717, 1.165) is 28.9 Å². The van der Waals surface area contributed by atoms with Crippen LogP contribution < -0.4 is 5.32 Å². The van der Waals surface area contributed by atoms with Crippen molar-refractivity contribution >= 4 is 21.6 Å². The molecule has 1 aromatic carbocycles. The smallest absolute Gasteiger partial charge is 0.0661 e. The first-order valence-electron chi connectivity index (χ1n) is 6.19. The molecule has 2 N–H and O–H groups in total. The second kappa shape index (κ2) is 4.99. The normalized spacial score (nSPS) is 27.9. The van der Waals surface area contributed by atoms with Crippen molar-refractivity contribution in [3.63, 3.8) is 0 Å². The molecule has 0 radical (unpaired) electrons. The lowest BCUT2D eigenvalue weighted by atomic mass is 9.64. The number of hydrogen-bond donors (Lipinski definition) is 2. The van der Waals surface area contributed by atoms with Crippen LogP contribution in [0, 0.1) is 11.8 Å². The fourth-order valence-electron chi connectivity index (χ4n) is 2.56. The third-order valence-electron chi connectivity index (χ3n) is 3.79. The molecule has 0 unspecified atom stereocenters. The van der Waals surface area contributed by atoms with Gasteiger partial charge in [-0.25, -0.2) is 0 Å². The van der Waals surface area contributed by atoms with E-state index in [0.29, 0.717) is 5.92 Å². The minimum atomic E-state index is -0.101. The van der Waals surface area contributed by atoms with Crippen LogP contribution in [0.2, 0.25) is 0 Å². The first-order chi connectivity index (χ1) is 8.04. The number of aliphatic hydroxyl groups is 1. The topological polar surface area (TPSA) is 32.3 Å². The highest BCUT2D eigenvalue weighted by Gasteiger charge is 2.44. The van der Waals surface area contributed by atoms with E-state index in [-0.39, 0.29) is 12.1 Å². The maximum absolute atomic E-state index is 9.59. The highest BCUT2D eigenvalue weighted by molar-refractivity contribution is 9.10. The van der Waals surface area contributed by atoms with Crippen molar-refractivity contribution < 1.29 is 5.11 Å². The van der Waals surface area contributed by atoms with Crippen molar-refractivity contribution in [3.8, 4) is 0 Å². The van der Waals surface area contributed by atoms with Gasteiger partial charge in [-0.1, -0.05) is 35.8 Å². The zero-order valence-electron chi connectivity index (χ0n) is 10.4. The van der Waals surface area contributed by atoms with Gasteiger partial charge < -0.3 is 10.4 Å². The molecular formula is C14H20BrNO. The van der Waals surface area contributed by atoms with Gasteiger partial charge in [0, 0.05) is 10.2 Å². The third-order valence-corrected chi connectivity index (χ3v) is 4.28. The number of benzene rings is 1. The van der Waals surface area contributed by atoms with E-state index in [1.54, 1.807) is 0 Å². The molecule has 1 aliphatic carbocycles. The van der Waals surface area contributed by atoms with E-state index < -0.39 is 0 Å². The Morgan fingerprint density at radius 1 is 1.47 bits per heavy atom. The Morgan fingerprint density at radius 3 is 2.71 bits per heavy atom. The number of hydrogen-bond acceptors (Lipinski definition) is 2. The minimum absolute atomic E-state index is 0.101. The van der Waals surface area contributed by atoms with Crippen LogP contribution in [0.4, 0.5) is 5.69 Å². The van der Waals surface area contributed by atoms with Crippen molar-refractivity contribution in [3.05, 3.63) is 28.7 Å². The van der Waals surface area contributed by atoms with E-state index in [1.165, 1.54) is 0 Å². The van der Waals surface area contributed by atoms with Gasteiger partial charge in [0.15, 0.2) is 0 Å². The SMILES string of the molecule is CC(C)C1CC(CO)(Nc2cccc(Br)c2)C1. The number of anilines is 1. The second-order valence-corrected chi connectivity index (χ2v) is 6.40. The summed E-state index contributed by atoms with van der Waals surface area (Å²) in [6.07, 6.45) is 2.13. The molecular weight excluding hydrogens is 278 g/mol. The first-order valence-corrected chi connectivity index (χ1v) is 6.98. The molecule has 0 aliphatic heterocycles. The molecule has 3 heteroatoms. The molecule has 0 bridgehead atoms. The Labute approximate surface area is 112 Å². The summed E-state index contributed by atoms with van der Waals surface area (Å²) in [5, 5.41) is 13.1. The predicted molar refractivity (Wildman–Crippen MR) is 75.1 cm³/mol. The molecule has 0 aromatic heterocycles. The summed E-state index contributed by atoms with van der Waals surface area (Å²) in [4.78, 5) is 0. The highest BCUT2D eigenvalue weighted by Crippen LogP contribution is 2.44. The van der Waals surface area contributed by atoms with Gasteiger partial charge >= 0.3 is 0 Å². The molecule has 94 valence electrons. The Hall–Kier alpha value is -0.540. The van der Waals surface area contributed by atoms with Gasteiger partial charge in [-0.3, -0.25) is 0 Å². The van der Waals surface area contributed by atoms with Crippen LogP contribution in [0.15, 0.2) is 28.7 Å². The molecule has 0 saturated heterocycles. The Kier molecular flexibility index (Phi) is 3.79. The van der Waals surface area contributed by atoms with Crippen LogP contribution in [0.25, 0.3) is 0 Å². The van der Waals surface area contributed by atoms with Crippen LogP contribution in [-0.2, 0) is 0 Å². The maximum atomic E-state index is 9.59. The van der Waals surface area contributed by atoms with E-state index in [4.69, 9.17) is 0 Å². The average molecular weight is 298 g/mol. The van der Waals surface area contributed by atoms with Crippen LogP contribution in [0.1, 0.15) is 26.7 Å². The number of aliphatic hydroxyl groups excluding tert-OH is 1. The molecule has 0 atom stereocenters. The molecule has 0 spiro atoms. The summed E-state index contributed by atoms with van der Waals surface area (Å²) in [6.45, 7) is 4.72. The van der Waals surface area contributed by atoms with Crippen molar-refractivity contribution in [2.75, 3.05) is 11.9 Å². The van der Waals surface area contributed by atoms with Crippen LogP contribution in [0.5, 0.6) is 0 Å². The number of rotatable bonds is 4. The molecule has 0 amide bonds. The summed E-state index contributed by atoms with van der Waals surface area (Å²) in [5.41, 5.74) is 0.978. The van der Waals surface area contributed by atoms with Gasteiger partial charge in [0.25, 0.3) is 0 Å². The van der Waals surface area contributed by atoms with Gasteiger partial charge in [0.05, 0.1) is 12.1 Å². The van der Waals surface area contributed by atoms with Crippen molar-refractivity contribution in [1.29, 1.82) is 0 Å². The molecule has 2 rings (SSSR count). The fourth-order valence-corrected chi connectivity index (χ4v) is 2.96. The molecule has 1 aromatic rings. The van der Waals surface area contributed by atoms with Crippen LogP contribution >= 0.6 is 15.9 Å². The average Bonchev–Trinajstić information content (AvgIpc) is 2.22. The van der Waals surface area contributed by atoms with Gasteiger partial charge in [0.2, 0.25) is 0 Å². The van der Waals surface area contributed by atoms with E-state index >= 15 is 0 Å². The molecule has 2 nitrogen and oxygen atoms in total. The quantitative estimate of drug-likeness (QED) is 0.889.